The molecule has 0 aromatic rings. The zero-order valence-electron chi connectivity index (χ0n) is 23.3. The maximum atomic E-state index is 14.5. The van der Waals surface area contributed by atoms with Gasteiger partial charge in [-0.05, 0) is 51.9 Å². The number of likely N-dealkylation sites (tertiary alicyclic amines) is 1. The molecule has 0 radical (unpaired) electrons. The molecule has 3 aliphatic heterocycles. The SMILES string of the molecule is C=CCCCOC(=O)[C@H]1[C@H]2C(=O)N([C@@H](CO)C(C)C)C(C(=O)N(CC=C)C(C)CCC)C23CC[C@]1(C)S3. The number of fused-ring (bicyclic) bond motifs is 1. The molecule has 1 spiro atoms. The number of thioether (sulfide) groups is 1. The monoisotopic (exact) mass is 534 g/mol. The summed E-state index contributed by atoms with van der Waals surface area (Å²) in [7, 11) is 0. The highest BCUT2D eigenvalue weighted by Gasteiger charge is 2.78. The summed E-state index contributed by atoms with van der Waals surface area (Å²) in [5, 5.41) is 10.4. The maximum absolute atomic E-state index is 14.5. The minimum Gasteiger partial charge on any atom is -0.465 e. The van der Waals surface area contributed by atoms with Crippen LogP contribution in [-0.2, 0) is 19.1 Å². The first kappa shape index (κ1) is 29.8. The number of nitrogens with zero attached hydrogens (tertiary/aromatic N) is 2. The number of amides is 2. The van der Waals surface area contributed by atoms with Crippen molar-refractivity contribution in [3.63, 3.8) is 0 Å². The molecular formula is C29H46N2O5S. The van der Waals surface area contributed by atoms with Gasteiger partial charge in [-0.1, -0.05) is 39.3 Å². The van der Waals surface area contributed by atoms with E-state index in [-0.39, 0.29) is 43.0 Å². The molecule has 8 heteroatoms. The van der Waals surface area contributed by atoms with Crippen LogP contribution in [0.4, 0.5) is 0 Å². The summed E-state index contributed by atoms with van der Waals surface area (Å²) in [4.78, 5) is 45.7. The quantitative estimate of drug-likeness (QED) is 0.204. The van der Waals surface area contributed by atoms with Crippen LogP contribution in [0, 0.1) is 17.8 Å². The second-order valence-electron chi connectivity index (χ2n) is 11.5. The summed E-state index contributed by atoms with van der Waals surface area (Å²) in [6, 6.07) is -1.27. The lowest BCUT2D eigenvalue weighted by Crippen LogP contribution is -2.59. The molecule has 3 fully saturated rings. The predicted octanol–water partition coefficient (Wildman–Crippen LogP) is 4.20. The molecule has 0 aliphatic carbocycles. The number of carbonyl (C=O) groups is 3. The highest BCUT2D eigenvalue weighted by atomic mass is 32.2. The van der Waals surface area contributed by atoms with Crippen molar-refractivity contribution in [2.45, 2.75) is 101 Å². The summed E-state index contributed by atoms with van der Waals surface area (Å²) in [6.07, 6.45) is 8.16. The average molecular weight is 535 g/mol. The van der Waals surface area contributed by atoms with Crippen molar-refractivity contribution in [3.8, 4) is 0 Å². The van der Waals surface area contributed by atoms with Crippen molar-refractivity contribution in [2.24, 2.45) is 17.8 Å². The fraction of sp³-hybridized carbons (Fsp3) is 0.759. The molecule has 7 atom stereocenters. The number of carbonyl (C=O) groups excluding carboxylic acids is 3. The number of esters is 1. The lowest BCUT2D eigenvalue weighted by Gasteiger charge is -2.42. The minimum absolute atomic E-state index is 0.0145. The van der Waals surface area contributed by atoms with Gasteiger partial charge in [0.1, 0.15) is 6.04 Å². The Balaban J connectivity index is 2.07. The van der Waals surface area contributed by atoms with Crippen LogP contribution in [0.15, 0.2) is 25.3 Å². The molecule has 3 heterocycles. The molecule has 3 rings (SSSR count). The molecule has 0 aromatic carbocycles. The van der Waals surface area contributed by atoms with Gasteiger partial charge in [-0.15, -0.1) is 24.9 Å². The Morgan fingerprint density at radius 2 is 1.97 bits per heavy atom. The molecule has 37 heavy (non-hydrogen) atoms. The van der Waals surface area contributed by atoms with E-state index in [0.717, 1.165) is 25.7 Å². The number of allylic oxidation sites excluding steroid dienone is 1. The van der Waals surface area contributed by atoms with Crippen LogP contribution in [-0.4, -0.2) is 80.1 Å². The summed E-state index contributed by atoms with van der Waals surface area (Å²) in [5.74, 6) is -1.96. The second-order valence-corrected chi connectivity index (χ2v) is 13.4. The van der Waals surface area contributed by atoms with Crippen molar-refractivity contribution < 1.29 is 24.2 Å². The molecule has 3 aliphatic rings. The largest absolute Gasteiger partial charge is 0.465 e. The number of unbranched alkanes of at least 4 members (excludes halogenated alkanes) is 1. The van der Waals surface area contributed by atoms with Gasteiger partial charge in [-0.25, -0.2) is 0 Å². The molecule has 2 bridgehead atoms. The Kier molecular flexibility index (Phi) is 9.60. The molecule has 7 nitrogen and oxygen atoms in total. The third kappa shape index (κ3) is 5.12. The van der Waals surface area contributed by atoms with Crippen LogP contribution in [0.25, 0.3) is 0 Å². The van der Waals surface area contributed by atoms with Crippen LogP contribution in [0.3, 0.4) is 0 Å². The number of hydrogen-bond acceptors (Lipinski definition) is 6. The van der Waals surface area contributed by atoms with E-state index in [1.54, 1.807) is 28.8 Å². The first-order chi connectivity index (χ1) is 17.5. The first-order valence-corrected chi connectivity index (χ1v) is 14.7. The predicted molar refractivity (Wildman–Crippen MR) is 148 cm³/mol. The van der Waals surface area contributed by atoms with Crippen molar-refractivity contribution >= 4 is 29.5 Å². The van der Waals surface area contributed by atoms with Crippen LogP contribution < -0.4 is 0 Å². The summed E-state index contributed by atoms with van der Waals surface area (Å²) < 4.78 is 4.50. The lowest BCUT2D eigenvalue weighted by atomic mass is 9.66. The summed E-state index contributed by atoms with van der Waals surface area (Å²) in [5.41, 5.74) is 0. The van der Waals surface area contributed by atoms with E-state index >= 15 is 0 Å². The van der Waals surface area contributed by atoms with Gasteiger partial charge in [0.2, 0.25) is 11.8 Å². The fourth-order valence-corrected chi connectivity index (χ4v) is 9.15. The smallest absolute Gasteiger partial charge is 0.311 e. The van der Waals surface area contributed by atoms with Gasteiger partial charge >= 0.3 is 5.97 Å². The Hall–Kier alpha value is -1.80. The van der Waals surface area contributed by atoms with Crippen LogP contribution in [0.5, 0.6) is 0 Å². The second kappa shape index (κ2) is 11.9. The molecule has 3 unspecified atom stereocenters. The van der Waals surface area contributed by atoms with E-state index in [1.807, 2.05) is 32.6 Å². The first-order valence-electron chi connectivity index (χ1n) is 13.9. The Labute approximate surface area is 227 Å². The zero-order chi connectivity index (χ0) is 27.5. The van der Waals surface area contributed by atoms with E-state index in [9.17, 15) is 19.5 Å². The lowest BCUT2D eigenvalue weighted by molar-refractivity contribution is -0.156. The third-order valence-electron chi connectivity index (χ3n) is 8.66. The third-order valence-corrected chi connectivity index (χ3v) is 10.6. The summed E-state index contributed by atoms with van der Waals surface area (Å²) >= 11 is 1.64. The average Bonchev–Trinajstić information content (AvgIpc) is 3.41. The van der Waals surface area contributed by atoms with E-state index in [0.29, 0.717) is 19.4 Å². The van der Waals surface area contributed by atoms with Crippen LogP contribution in [0.2, 0.25) is 0 Å². The fourth-order valence-electron chi connectivity index (χ4n) is 6.83. The highest BCUT2D eigenvalue weighted by molar-refractivity contribution is 8.02. The van der Waals surface area contributed by atoms with Crippen molar-refractivity contribution in [1.29, 1.82) is 0 Å². The van der Waals surface area contributed by atoms with Gasteiger partial charge in [0.25, 0.3) is 0 Å². The Morgan fingerprint density at radius 3 is 2.54 bits per heavy atom. The topological polar surface area (TPSA) is 87.1 Å². The maximum Gasteiger partial charge on any atom is 0.311 e. The van der Waals surface area contributed by atoms with Gasteiger partial charge < -0.3 is 19.6 Å². The van der Waals surface area contributed by atoms with Gasteiger partial charge in [-0.3, -0.25) is 14.4 Å². The van der Waals surface area contributed by atoms with Crippen LogP contribution >= 0.6 is 11.8 Å². The molecule has 208 valence electrons. The van der Waals surface area contributed by atoms with Crippen molar-refractivity contribution in [1.82, 2.24) is 9.80 Å². The molecular weight excluding hydrogens is 488 g/mol. The van der Waals surface area contributed by atoms with Crippen molar-refractivity contribution in [2.75, 3.05) is 19.8 Å². The van der Waals surface area contributed by atoms with Crippen molar-refractivity contribution in [3.05, 3.63) is 25.3 Å². The summed E-state index contributed by atoms with van der Waals surface area (Å²) in [6.45, 7) is 18.1. The van der Waals surface area contributed by atoms with E-state index in [4.69, 9.17) is 4.74 Å². The number of rotatable bonds is 14. The normalized spacial score (nSPS) is 31.8. The number of hydrogen-bond donors (Lipinski definition) is 1. The molecule has 3 saturated heterocycles. The van der Waals surface area contributed by atoms with Gasteiger partial charge in [0.05, 0.1) is 35.8 Å². The molecule has 2 amide bonds. The van der Waals surface area contributed by atoms with Crippen LogP contribution in [0.1, 0.15) is 73.1 Å². The standard InChI is InChI=1S/C29H46N2O5S/c1-8-11-12-17-36-27(35)23-22-25(33)31(21(18-32)19(4)5)24(29(22)15-14-28(23,7)37-29)26(34)30(16-10-3)20(6)13-9-2/h8,10,19-24,32H,1,3,9,11-18H2,2,4-7H3/t20?,21-,22-,23+,24?,28-,29?/m0/s1. The van der Waals surface area contributed by atoms with E-state index < -0.39 is 33.4 Å². The van der Waals surface area contributed by atoms with Gasteiger partial charge in [0.15, 0.2) is 0 Å². The Bertz CT molecular complexity index is 894. The van der Waals surface area contributed by atoms with Gasteiger partial charge in [0, 0.05) is 17.3 Å². The molecule has 1 N–H and O–H groups in total. The number of aliphatic hydroxyl groups is 1. The highest BCUT2D eigenvalue weighted by Crippen LogP contribution is 2.72. The minimum atomic E-state index is -0.741. The molecule has 0 aromatic heterocycles. The van der Waals surface area contributed by atoms with E-state index in [2.05, 4.69) is 20.1 Å². The number of aliphatic hydroxyl groups excluding tert-OH is 1. The zero-order valence-corrected chi connectivity index (χ0v) is 24.1. The molecule has 0 saturated carbocycles. The number of ether oxygens (including phenoxy) is 1. The Morgan fingerprint density at radius 1 is 1.27 bits per heavy atom. The van der Waals surface area contributed by atoms with E-state index in [1.165, 1.54) is 0 Å². The van der Waals surface area contributed by atoms with Gasteiger partial charge in [-0.2, -0.15) is 0 Å².